The molecule has 4 nitrogen and oxygen atoms in total. The lowest BCUT2D eigenvalue weighted by atomic mass is 10.1. The van der Waals surface area contributed by atoms with Gasteiger partial charge in [0.2, 0.25) is 0 Å². The minimum Gasteiger partial charge on any atom is -0.386 e. The van der Waals surface area contributed by atoms with E-state index in [1.165, 1.54) is 6.07 Å². The number of hydrogen-bond acceptors (Lipinski definition) is 3. The number of ether oxygens (including phenoxy) is 1. The summed E-state index contributed by atoms with van der Waals surface area (Å²) < 4.78 is 33.4. The lowest BCUT2D eigenvalue weighted by molar-refractivity contribution is 0.152. The zero-order valence-electron chi connectivity index (χ0n) is 11.4. The first-order valence-electron chi connectivity index (χ1n) is 6.35. The minimum absolute atomic E-state index is 0.161. The molecule has 7 heteroatoms. The van der Waals surface area contributed by atoms with Crippen LogP contribution in [0.5, 0.6) is 0 Å². The highest BCUT2D eigenvalue weighted by Crippen LogP contribution is 2.26. The van der Waals surface area contributed by atoms with Crippen molar-refractivity contribution in [3.63, 3.8) is 0 Å². The monoisotopic (exact) mass is 360 g/mol. The number of nitrogens with zero attached hydrogens (tertiary/aromatic N) is 2. The summed E-state index contributed by atoms with van der Waals surface area (Å²) in [7, 11) is 1.58. The molecule has 0 aliphatic rings. The fourth-order valence-corrected chi connectivity index (χ4v) is 2.61. The molecule has 2 rings (SSSR count). The summed E-state index contributed by atoms with van der Waals surface area (Å²) in [4.78, 5) is 0. The normalized spacial score (nSPS) is 12.6. The molecule has 0 bridgehead atoms. The van der Waals surface area contributed by atoms with Gasteiger partial charge in [-0.25, -0.2) is 8.78 Å². The molecule has 1 atom stereocenters. The standard InChI is InChI=1S/C14H15BrF2N2O2/c1-21-5-4-19-14(10(15)8-18-19)13(20)7-9-2-3-11(16)12(17)6-9/h2-3,6,8,13,20H,4-5,7H2,1H3. The number of aliphatic hydroxyl groups is 1. The number of aliphatic hydroxyl groups excluding tert-OH is 1. The Morgan fingerprint density at radius 3 is 2.81 bits per heavy atom. The van der Waals surface area contributed by atoms with E-state index in [-0.39, 0.29) is 6.42 Å². The van der Waals surface area contributed by atoms with Gasteiger partial charge in [0.1, 0.15) is 6.10 Å². The van der Waals surface area contributed by atoms with Crippen molar-refractivity contribution in [3.05, 3.63) is 51.8 Å². The first-order chi connectivity index (χ1) is 10.0. The zero-order valence-corrected chi connectivity index (χ0v) is 13.0. The number of halogens is 3. The molecule has 21 heavy (non-hydrogen) atoms. The number of rotatable bonds is 6. The Bertz CT molecular complexity index is 619. The van der Waals surface area contributed by atoms with E-state index in [1.54, 1.807) is 18.0 Å². The van der Waals surface area contributed by atoms with E-state index >= 15 is 0 Å². The van der Waals surface area contributed by atoms with Crippen molar-refractivity contribution in [2.75, 3.05) is 13.7 Å². The molecule has 114 valence electrons. The highest BCUT2D eigenvalue weighted by molar-refractivity contribution is 9.10. The fraction of sp³-hybridized carbons (Fsp3) is 0.357. The van der Waals surface area contributed by atoms with Gasteiger partial charge in [-0.2, -0.15) is 5.10 Å². The highest BCUT2D eigenvalue weighted by Gasteiger charge is 2.19. The third-order valence-electron chi connectivity index (χ3n) is 3.07. The van der Waals surface area contributed by atoms with Crippen LogP contribution in [0.4, 0.5) is 8.78 Å². The summed E-state index contributed by atoms with van der Waals surface area (Å²) in [5.74, 6) is -1.83. The van der Waals surface area contributed by atoms with Crippen molar-refractivity contribution >= 4 is 15.9 Å². The Morgan fingerprint density at radius 2 is 2.14 bits per heavy atom. The van der Waals surface area contributed by atoms with Crippen LogP contribution < -0.4 is 0 Å². The zero-order chi connectivity index (χ0) is 15.4. The minimum atomic E-state index is -0.924. The number of benzene rings is 1. The van der Waals surface area contributed by atoms with Gasteiger partial charge >= 0.3 is 0 Å². The van der Waals surface area contributed by atoms with Crippen molar-refractivity contribution in [1.29, 1.82) is 0 Å². The summed E-state index contributed by atoms with van der Waals surface area (Å²) in [6.45, 7) is 0.950. The number of methoxy groups -OCH3 is 1. The summed E-state index contributed by atoms with van der Waals surface area (Å²) in [6.07, 6.45) is 0.858. The van der Waals surface area contributed by atoms with Crippen molar-refractivity contribution in [1.82, 2.24) is 9.78 Å². The molecule has 0 spiro atoms. The van der Waals surface area contributed by atoms with Crippen LogP contribution in [0.1, 0.15) is 17.4 Å². The lowest BCUT2D eigenvalue weighted by Gasteiger charge is -2.14. The van der Waals surface area contributed by atoms with Gasteiger partial charge in [0.25, 0.3) is 0 Å². The number of hydrogen-bond donors (Lipinski definition) is 1. The maximum absolute atomic E-state index is 13.2. The molecule has 0 aliphatic carbocycles. The molecule has 0 fully saturated rings. The first-order valence-corrected chi connectivity index (χ1v) is 7.14. The van der Waals surface area contributed by atoms with Crippen LogP contribution in [0.3, 0.4) is 0 Å². The van der Waals surface area contributed by atoms with Crippen LogP contribution in [0.15, 0.2) is 28.9 Å². The molecule has 1 N–H and O–H groups in total. The SMILES string of the molecule is COCCn1ncc(Br)c1C(O)Cc1ccc(F)c(F)c1. The second-order valence-corrected chi connectivity index (χ2v) is 5.42. The topological polar surface area (TPSA) is 47.3 Å². The van der Waals surface area contributed by atoms with Crippen molar-refractivity contribution in [2.24, 2.45) is 0 Å². The van der Waals surface area contributed by atoms with Gasteiger partial charge in [-0.1, -0.05) is 6.07 Å². The quantitative estimate of drug-likeness (QED) is 0.861. The molecular formula is C14H15BrF2N2O2. The van der Waals surface area contributed by atoms with Crippen LogP contribution in [0.2, 0.25) is 0 Å². The molecule has 1 aromatic carbocycles. The number of aromatic nitrogens is 2. The average Bonchev–Trinajstić information content (AvgIpc) is 2.81. The first kappa shape index (κ1) is 16.1. The highest BCUT2D eigenvalue weighted by atomic mass is 79.9. The van der Waals surface area contributed by atoms with Gasteiger partial charge in [-0.3, -0.25) is 4.68 Å². The van der Waals surface area contributed by atoms with E-state index < -0.39 is 17.7 Å². The average molecular weight is 361 g/mol. The van der Waals surface area contributed by atoms with E-state index in [0.29, 0.717) is 28.9 Å². The largest absolute Gasteiger partial charge is 0.386 e. The van der Waals surface area contributed by atoms with E-state index in [9.17, 15) is 13.9 Å². The maximum atomic E-state index is 13.2. The second kappa shape index (κ2) is 7.11. The van der Waals surface area contributed by atoms with Crippen LogP contribution >= 0.6 is 15.9 Å². The van der Waals surface area contributed by atoms with E-state index in [4.69, 9.17) is 4.74 Å². The molecule has 0 amide bonds. The predicted molar refractivity (Wildman–Crippen MR) is 76.8 cm³/mol. The summed E-state index contributed by atoms with van der Waals surface area (Å²) >= 11 is 3.33. The molecule has 0 saturated heterocycles. The Balaban J connectivity index is 2.17. The molecule has 0 saturated carbocycles. The lowest BCUT2D eigenvalue weighted by Crippen LogP contribution is -2.14. The van der Waals surface area contributed by atoms with Gasteiger partial charge in [0.05, 0.1) is 29.5 Å². The molecule has 0 aliphatic heterocycles. The van der Waals surface area contributed by atoms with Crippen LogP contribution in [0.25, 0.3) is 0 Å². The Kier molecular flexibility index (Phi) is 5.44. The Hall–Kier alpha value is -1.31. The summed E-state index contributed by atoms with van der Waals surface area (Å²) in [5, 5.41) is 14.5. The molecule has 1 aromatic heterocycles. The van der Waals surface area contributed by atoms with E-state index in [0.717, 1.165) is 12.1 Å². The van der Waals surface area contributed by atoms with Crippen LogP contribution in [-0.4, -0.2) is 28.6 Å². The third kappa shape index (κ3) is 3.87. The van der Waals surface area contributed by atoms with Gasteiger partial charge in [0.15, 0.2) is 11.6 Å². The van der Waals surface area contributed by atoms with Crippen molar-refractivity contribution < 1.29 is 18.6 Å². The van der Waals surface area contributed by atoms with Gasteiger partial charge in [-0.05, 0) is 33.6 Å². The van der Waals surface area contributed by atoms with Gasteiger partial charge in [-0.15, -0.1) is 0 Å². The Labute approximate surface area is 129 Å². The molecule has 0 radical (unpaired) electrons. The van der Waals surface area contributed by atoms with E-state index in [1.807, 2.05) is 0 Å². The molecule has 2 aromatic rings. The summed E-state index contributed by atoms with van der Waals surface area (Å²) in [6, 6.07) is 3.59. The Morgan fingerprint density at radius 1 is 1.38 bits per heavy atom. The maximum Gasteiger partial charge on any atom is 0.159 e. The van der Waals surface area contributed by atoms with Crippen LogP contribution in [0, 0.1) is 11.6 Å². The summed E-state index contributed by atoms with van der Waals surface area (Å²) in [5.41, 5.74) is 1.09. The van der Waals surface area contributed by atoms with E-state index in [2.05, 4.69) is 21.0 Å². The van der Waals surface area contributed by atoms with Crippen molar-refractivity contribution in [2.45, 2.75) is 19.1 Å². The predicted octanol–water partition coefficient (Wildman–Crippen LogP) is 2.85. The van der Waals surface area contributed by atoms with Gasteiger partial charge in [0, 0.05) is 13.5 Å². The smallest absolute Gasteiger partial charge is 0.159 e. The van der Waals surface area contributed by atoms with Crippen LogP contribution in [-0.2, 0) is 17.7 Å². The molecule has 1 heterocycles. The molecular weight excluding hydrogens is 346 g/mol. The fourth-order valence-electron chi connectivity index (χ4n) is 2.05. The molecule has 1 unspecified atom stereocenters. The van der Waals surface area contributed by atoms with Gasteiger partial charge < -0.3 is 9.84 Å². The second-order valence-electron chi connectivity index (χ2n) is 4.56. The van der Waals surface area contributed by atoms with Crippen molar-refractivity contribution in [3.8, 4) is 0 Å². The third-order valence-corrected chi connectivity index (χ3v) is 3.68.